The van der Waals surface area contributed by atoms with E-state index in [1.54, 1.807) is 0 Å². The molecule has 4 fully saturated rings. The highest BCUT2D eigenvalue weighted by atomic mass is 17.2. The van der Waals surface area contributed by atoms with Crippen LogP contribution in [0.5, 0.6) is 0 Å². The molecule has 0 radical (unpaired) electrons. The van der Waals surface area contributed by atoms with Gasteiger partial charge in [0.05, 0.1) is 38.6 Å². The molecule has 0 bridgehead atoms. The van der Waals surface area contributed by atoms with E-state index < -0.39 is 11.9 Å². The Morgan fingerprint density at radius 1 is 1.13 bits per heavy atom. The maximum Gasteiger partial charge on any atom is 0.170 e. The molecule has 4 unspecified atom stereocenters. The van der Waals surface area contributed by atoms with Crippen LogP contribution >= 0.6 is 0 Å². The zero-order chi connectivity index (χ0) is 16.1. The van der Waals surface area contributed by atoms with E-state index >= 15 is 0 Å². The van der Waals surface area contributed by atoms with E-state index in [9.17, 15) is 5.11 Å². The predicted octanol–water partition coefficient (Wildman–Crippen LogP) is 1.92. The van der Waals surface area contributed by atoms with Crippen LogP contribution in [-0.4, -0.2) is 49.5 Å². The Kier molecular flexibility index (Phi) is 3.93. The van der Waals surface area contributed by atoms with Gasteiger partial charge in [0.2, 0.25) is 0 Å². The van der Waals surface area contributed by atoms with Crippen LogP contribution in [0.1, 0.15) is 38.5 Å². The van der Waals surface area contributed by atoms with Crippen molar-refractivity contribution in [3.63, 3.8) is 0 Å². The van der Waals surface area contributed by atoms with Crippen molar-refractivity contribution in [3.8, 4) is 0 Å². The van der Waals surface area contributed by atoms with Gasteiger partial charge in [0.1, 0.15) is 5.76 Å². The third kappa shape index (κ3) is 2.91. The summed E-state index contributed by atoms with van der Waals surface area (Å²) in [5, 5.41) is 10.3. The molecule has 2 saturated carbocycles. The molecule has 0 amide bonds. The third-order valence-electron chi connectivity index (χ3n) is 5.98. The summed E-state index contributed by atoms with van der Waals surface area (Å²) in [6.45, 7) is 5.21. The molecular formula is C17H26O6. The zero-order valence-electron chi connectivity index (χ0n) is 13.7. The summed E-state index contributed by atoms with van der Waals surface area (Å²) in [6.07, 6.45) is 5.44. The van der Waals surface area contributed by atoms with Gasteiger partial charge in [-0.05, 0) is 25.7 Å². The molecule has 2 aliphatic carbocycles. The summed E-state index contributed by atoms with van der Waals surface area (Å²) in [7, 11) is 1.45. The van der Waals surface area contributed by atoms with Crippen LogP contribution in [0.15, 0.2) is 12.3 Å². The van der Waals surface area contributed by atoms with Gasteiger partial charge < -0.3 is 24.2 Å². The second kappa shape index (κ2) is 5.70. The molecule has 2 saturated heterocycles. The monoisotopic (exact) mass is 326 g/mol. The van der Waals surface area contributed by atoms with Gasteiger partial charge in [0.15, 0.2) is 5.79 Å². The molecule has 6 nitrogen and oxygen atoms in total. The SMILES string of the molecule is C=C(OOC)C1CC2(CCC1O)COC1(CCC3OC3C1)OC2. The number of epoxide rings is 1. The first-order valence-corrected chi connectivity index (χ1v) is 8.56. The Labute approximate surface area is 136 Å². The molecule has 4 atom stereocenters. The van der Waals surface area contributed by atoms with Crippen LogP contribution in [0.2, 0.25) is 0 Å². The van der Waals surface area contributed by atoms with E-state index in [2.05, 4.69) is 6.58 Å². The average Bonchev–Trinajstić information content (AvgIpc) is 3.32. The number of ether oxygens (including phenoxy) is 3. The minimum absolute atomic E-state index is 0.0730. The lowest BCUT2D eigenvalue weighted by Crippen LogP contribution is -2.54. The molecule has 4 aliphatic rings. The first-order valence-electron chi connectivity index (χ1n) is 8.56. The molecule has 0 aromatic rings. The van der Waals surface area contributed by atoms with E-state index in [4.69, 9.17) is 24.0 Å². The summed E-state index contributed by atoms with van der Waals surface area (Å²) in [4.78, 5) is 9.76. The fourth-order valence-corrected chi connectivity index (χ4v) is 4.42. The minimum atomic E-state index is -0.450. The van der Waals surface area contributed by atoms with Crippen LogP contribution in [0.25, 0.3) is 0 Å². The van der Waals surface area contributed by atoms with Crippen LogP contribution < -0.4 is 0 Å². The molecule has 130 valence electrons. The highest BCUT2D eigenvalue weighted by Crippen LogP contribution is 2.51. The first-order chi connectivity index (χ1) is 11.0. The van der Waals surface area contributed by atoms with Crippen molar-refractivity contribution in [2.45, 2.75) is 62.6 Å². The van der Waals surface area contributed by atoms with Crippen LogP contribution in [0, 0.1) is 11.3 Å². The average molecular weight is 326 g/mol. The van der Waals surface area contributed by atoms with Crippen molar-refractivity contribution < 1.29 is 29.1 Å². The normalized spacial score (nSPS) is 49.0. The molecule has 4 rings (SSSR count). The Bertz CT molecular complexity index is 470. The van der Waals surface area contributed by atoms with Gasteiger partial charge in [-0.3, -0.25) is 0 Å². The molecule has 2 heterocycles. The maximum atomic E-state index is 10.3. The van der Waals surface area contributed by atoms with Gasteiger partial charge in [-0.25, -0.2) is 0 Å². The number of aliphatic hydroxyl groups is 1. The lowest BCUT2D eigenvalue weighted by Gasteiger charge is -2.50. The summed E-state index contributed by atoms with van der Waals surface area (Å²) in [5.41, 5.74) is -0.0730. The standard InChI is InChI=1S/C17H26O6/c1-11(23-19-2)12-7-16(5-3-13(12)18)9-20-17(21-10-16)6-4-14-15(8-17)22-14/h12-15,18H,1,3-10H2,2H3. The molecule has 1 N–H and O–H groups in total. The van der Waals surface area contributed by atoms with Crippen molar-refractivity contribution in [1.29, 1.82) is 0 Å². The Balaban J connectivity index is 1.40. The fraction of sp³-hybridized carbons (Fsp3) is 0.882. The molecule has 6 heteroatoms. The van der Waals surface area contributed by atoms with E-state index in [0.29, 0.717) is 37.6 Å². The third-order valence-corrected chi connectivity index (χ3v) is 5.98. The van der Waals surface area contributed by atoms with Crippen LogP contribution in [-0.2, 0) is 24.0 Å². The van der Waals surface area contributed by atoms with E-state index in [1.165, 1.54) is 7.11 Å². The van der Waals surface area contributed by atoms with Gasteiger partial charge >= 0.3 is 0 Å². The first kappa shape index (κ1) is 15.8. The predicted molar refractivity (Wildman–Crippen MR) is 80.2 cm³/mol. The topological polar surface area (TPSA) is 69.7 Å². The molecular weight excluding hydrogens is 300 g/mol. The largest absolute Gasteiger partial charge is 0.392 e. The summed E-state index contributed by atoms with van der Waals surface area (Å²) >= 11 is 0. The smallest absolute Gasteiger partial charge is 0.170 e. The maximum absolute atomic E-state index is 10.3. The number of rotatable bonds is 3. The number of aliphatic hydroxyl groups excluding tert-OH is 1. The number of hydrogen-bond acceptors (Lipinski definition) is 6. The van der Waals surface area contributed by atoms with Gasteiger partial charge in [0.25, 0.3) is 0 Å². The van der Waals surface area contributed by atoms with Crippen LogP contribution in [0.4, 0.5) is 0 Å². The Hall–Kier alpha value is -0.660. The van der Waals surface area contributed by atoms with Gasteiger partial charge in [0, 0.05) is 24.2 Å². The molecule has 0 aromatic carbocycles. The van der Waals surface area contributed by atoms with Crippen molar-refractivity contribution in [1.82, 2.24) is 0 Å². The molecule has 0 aromatic heterocycles. The van der Waals surface area contributed by atoms with Gasteiger partial charge in [-0.1, -0.05) is 6.58 Å². The van der Waals surface area contributed by atoms with Gasteiger partial charge in [-0.2, -0.15) is 4.89 Å². The minimum Gasteiger partial charge on any atom is -0.392 e. The Morgan fingerprint density at radius 3 is 2.61 bits per heavy atom. The summed E-state index contributed by atoms with van der Waals surface area (Å²) < 4.78 is 18.1. The van der Waals surface area contributed by atoms with E-state index in [0.717, 1.165) is 32.1 Å². The Morgan fingerprint density at radius 2 is 1.91 bits per heavy atom. The molecule has 2 aliphatic heterocycles. The highest BCUT2D eigenvalue weighted by Gasteiger charge is 2.56. The highest BCUT2D eigenvalue weighted by molar-refractivity contribution is 5.04. The lowest BCUT2D eigenvalue weighted by molar-refractivity contribution is -0.321. The summed E-state index contributed by atoms with van der Waals surface area (Å²) in [6, 6.07) is 0. The van der Waals surface area contributed by atoms with E-state index in [-0.39, 0.29) is 11.3 Å². The summed E-state index contributed by atoms with van der Waals surface area (Å²) in [5.74, 6) is -0.118. The quantitative estimate of drug-likeness (QED) is 0.370. The second-order valence-electron chi connectivity index (χ2n) is 7.58. The van der Waals surface area contributed by atoms with Crippen molar-refractivity contribution in [2.75, 3.05) is 20.3 Å². The zero-order valence-corrected chi connectivity index (χ0v) is 13.7. The van der Waals surface area contributed by atoms with Crippen molar-refractivity contribution in [3.05, 3.63) is 12.3 Å². The van der Waals surface area contributed by atoms with E-state index in [1.807, 2.05) is 0 Å². The molecule has 2 spiro atoms. The van der Waals surface area contributed by atoms with Crippen LogP contribution in [0.3, 0.4) is 0 Å². The van der Waals surface area contributed by atoms with Crippen molar-refractivity contribution in [2.24, 2.45) is 11.3 Å². The van der Waals surface area contributed by atoms with Gasteiger partial charge in [-0.15, -0.1) is 0 Å². The number of fused-ring (bicyclic) bond motifs is 1. The lowest BCUT2D eigenvalue weighted by atomic mass is 9.68. The number of hydrogen-bond donors (Lipinski definition) is 1. The van der Waals surface area contributed by atoms with Crippen molar-refractivity contribution >= 4 is 0 Å². The second-order valence-corrected chi connectivity index (χ2v) is 7.58. The fourth-order valence-electron chi connectivity index (χ4n) is 4.42. The molecule has 23 heavy (non-hydrogen) atoms.